The molecule has 4 nitrogen and oxygen atoms in total. The lowest BCUT2D eigenvalue weighted by Crippen LogP contribution is -2.13. The van der Waals surface area contributed by atoms with E-state index < -0.39 is 5.91 Å². The summed E-state index contributed by atoms with van der Waals surface area (Å²) in [5.74, 6) is -0.368. The highest BCUT2D eigenvalue weighted by atomic mass is 16.3. The van der Waals surface area contributed by atoms with Gasteiger partial charge in [0.15, 0.2) is 0 Å². The summed E-state index contributed by atoms with van der Waals surface area (Å²) in [6, 6.07) is 15.5. The minimum absolute atomic E-state index is 0.0203. The van der Waals surface area contributed by atoms with Crippen molar-refractivity contribution in [3.63, 3.8) is 0 Å². The fourth-order valence-electron chi connectivity index (χ4n) is 1.72. The van der Waals surface area contributed by atoms with Crippen molar-refractivity contribution in [3.8, 4) is 11.8 Å². The first kappa shape index (κ1) is 14.4. The van der Waals surface area contributed by atoms with Crippen LogP contribution >= 0.6 is 0 Å². The van der Waals surface area contributed by atoms with Gasteiger partial charge in [0, 0.05) is 5.69 Å². The summed E-state index contributed by atoms with van der Waals surface area (Å²) in [6.45, 7) is 1.97. The topological polar surface area (TPSA) is 73.1 Å². The maximum absolute atomic E-state index is 12.0. The van der Waals surface area contributed by atoms with Gasteiger partial charge in [-0.3, -0.25) is 4.79 Å². The smallest absolute Gasteiger partial charge is 0.266 e. The molecule has 0 saturated heterocycles. The molecular weight excluding hydrogens is 264 g/mol. The molecule has 2 N–H and O–H groups in total. The zero-order valence-electron chi connectivity index (χ0n) is 11.5. The van der Waals surface area contributed by atoms with E-state index >= 15 is 0 Å². The van der Waals surface area contributed by atoms with Gasteiger partial charge in [-0.15, -0.1) is 0 Å². The third-order valence-corrected chi connectivity index (χ3v) is 2.88. The first-order valence-corrected chi connectivity index (χ1v) is 6.37. The fourth-order valence-corrected chi connectivity index (χ4v) is 1.72. The Hall–Kier alpha value is -3.06. The number of nitrogens with zero attached hydrogens (tertiary/aromatic N) is 1. The summed E-state index contributed by atoms with van der Waals surface area (Å²) in [7, 11) is 0. The highest BCUT2D eigenvalue weighted by Gasteiger charge is 2.09. The first-order valence-electron chi connectivity index (χ1n) is 6.37. The molecule has 0 radical (unpaired) electrons. The maximum atomic E-state index is 12.0. The largest absolute Gasteiger partial charge is 0.508 e. The summed E-state index contributed by atoms with van der Waals surface area (Å²) in [5.41, 5.74) is 2.44. The Morgan fingerprint density at radius 2 is 1.76 bits per heavy atom. The van der Waals surface area contributed by atoms with Crippen LogP contribution in [0.3, 0.4) is 0 Å². The van der Waals surface area contributed by atoms with Crippen LogP contribution in [-0.4, -0.2) is 11.0 Å². The minimum Gasteiger partial charge on any atom is -0.508 e. The molecule has 0 unspecified atom stereocenters. The molecule has 0 atom stereocenters. The van der Waals surface area contributed by atoms with Crippen LogP contribution in [0.1, 0.15) is 11.1 Å². The Labute approximate surface area is 123 Å². The molecule has 4 heteroatoms. The zero-order valence-corrected chi connectivity index (χ0v) is 11.5. The molecule has 1 amide bonds. The zero-order chi connectivity index (χ0) is 15.2. The molecule has 2 aromatic rings. The number of carbonyl (C=O) groups is 1. The van der Waals surface area contributed by atoms with E-state index in [1.54, 1.807) is 12.1 Å². The van der Waals surface area contributed by atoms with Gasteiger partial charge < -0.3 is 10.4 Å². The number of hydrogen-bond donors (Lipinski definition) is 2. The van der Waals surface area contributed by atoms with E-state index in [9.17, 15) is 9.90 Å². The van der Waals surface area contributed by atoms with Crippen LogP contribution in [-0.2, 0) is 4.79 Å². The molecule has 0 saturated carbocycles. The predicted octanol–water partition coefficient (Wildman–Crippen LogP) is 3.25. The van der Waals surface area contributed by atoms with Crippen molar-refractivity contribution in [2.75, 3.05) is 5.32 Å². The Bertz CT molecular complexity index is 708. The number of phenols is 1. The number of rotatable bonds is 3. The van der Waals surface area contributed by atoms with Crippen LogP contribution in [0.2, 0.25) is 0 Å². The van der Waals surface area contributed by atoms with E-state index in [4.69, 9.17) is 5.26 Å². The van der Waals surface area contributed by atoms with Crippen molar-refractivity contribution in [2.45, 2.75) is 6.92 Å². The van der Waals surface area contributed by atoms with Crippen LogP contribution in [0.15, 0.2) is 54.1 Å². The highest BCUT2D eigenvalue weighted by molar-refractivity contribution is 6.09. The van der Waals surface area contributed by atoms with Gasteiger partial charge in [-0.05, 0) is 42.8 Å². The summed E-state index contributed by atoms with van der Waals surface area (Å²) in [5, 5.41) is 20.9. The molecule has 21 heavy (non-hydrogen) atoms. The monoisotopic (exact) mass is 278 g/mol. The Morgan fingerprint density at radius 1 is 1.14 bits per heavy atom. The van der Waals surface area contributed by atoms with Gasteiger partial charge in [-0.25, -0.2) is 0 Å². The fraction of sp³-hybridized carbons (Fsp3) is 0.0588. The molecule has 0 fully saturated rings. The maximum Gasteiger partial charge on any atom is 0.266 e. The summed E-state index contributed by atoms with van der Waals surface area (Å²) < 4.78 is 0. The minimum atomic E-state index is -0.483. The van der Waals surface area contributed by atoms with Crippen LogP contribution in [0.25, 0.3) is 6.08 Å². The molecule has 0 aromatic heterocycles. The number of phenolic OH excluding ortho intramolecular Hbond substituents is 1. The van der Waals surface area contributed by atoms with Crippen LogP contribution in [0.4, 0.5) is 5.69 Å². The van der Waals surface area contributed by atoms with Gasteiger partial charge in [0.25, 0.3) is 5.91 Å². The second kappa shape index (κ2) is 6.40. The van der Waals surface area contributed by atoms with Crippen molar-refractivity contribution in [1.29, 1.82) is 5.26 Å². The van der Waals surface area contributed by atoms with Crippen molar-refractivity contribution >= 4 is 17.7 Å². The molecule has 104 valence electrons. The number of carbonyl (C=O) groups excluding carboxylic acids is 1. The molecule has 0 bridgehead atoms. The van der Waals surface area contributed by atoms with Crippen molar-refractivity contribution in [3.05, 3.63) is 65.2 Å². The highest BCUT2D eigenvalue weighted by Crippen LogP contribution is 2.15. The quantitative estimate of drug-likeness (QED) is 0.514. The van der Waals surface area contributed by atoms with Gasteiger partial charge in [0.05, 0.1) is 0 Å². The Kier molecular flexibility index (Phi) is 4.37. The Balaban J connectivity index is 2.17. The number of hydrogen-bond acceptors (Lipinski definition) is 3. The lowest BCUT2D eigenvalue weighted by atomic mass is 10.1. The number of benzene rings is 2. The summed E-state index contributed by atoms with van der Waals surface area (Å²) in [6.07, 6.45) is 1.54. The normalized spacial score (nSPS) is 10.8. The summed E-state index contributed by atoms with van der Waals surface area (Å²) >= 11 is 0. The van der Waals surface area contributed by atoms with E-state index in [1.807, 2.05) is 37.3 Å². The van der Waals surface area contributed by atoms with Gasteiger partial charge in [-0.1, -0.05) is 29.8 Å². The van der Waals surface area contributed by atoms with E-state index in [0.717, 1.165) is 11.1 Å². The molecule has 2 rings (SSSR count). The second-order valence-corrected chi connectivity index (χ2v) is 4.58. The molecule has 0 aliphatic heterocycles. The van der Waals surface area contributed by atoms with Gasteiger partial charge >= 0.3 is 0 Å². The molecule has 2 aromatic carbocycles. The summed E-state index contributed by atoms with van der Waals surface area (Å²) in [4.78, 5) is 12.0. The van der Waals surface area contributed by atoms with Gasteiger partial charge in [0.2, 0.25) is 0 Å². The van der Waals surface area contributed by atoms with Crippen molar-refractivity contribution in [2.24, 2.45) is 0 Å². The van der Waals surface area contributed by atoms with Crippen LogP contribution < -0.4 is 5.32 Å². The molecule has 0 aliphatic rings. The molecule has 0 aliphatic carbocycles. The van der Waals surface area contributed by atoms with Crippen molar-refractivity contribution in [1.82, 2.24) is 0 Å². The van der Waals surface area contributed by atoms with Crippen LogP contribution in [0, 0.1) is 18.3 Å². The van der Waals surface area contributed by atoms with Crippen molar-refractivity contribution < 1.29 is 9.90 Å². The SMILES string of the molecule is Cc1ccc(/C=C(\C#N)C(=O)Nc2ccc(O)cc2)cc1. The van der Waals surface area contributed by atoms with Gasteiger partial charge in [-0.2, -0.15) is 5.26 Å². The van der Waals surface area contributed by atoms with E-state index in [-0.39, 0.29) is 11.3 Å². The second-order valence-electron chi connectivity index (χ2n) is 4.58. The average molecular weight is 278 g/mol. The number of aromatic hydroxyl groups is 1. The predicted molar refractivity (Wildman–Crippen MR) is 81.5 cm³/mol. The van der Waals surface area contributed by atoms with E-state index in [1.165, 1.54) is 18.2 Å². The third kappa shape index (κ3) is 3.95. The molecule has 0 heterocycles. The number of amides is 1. The molecule has 0 spiro atoms. The lowest BCUT2D eigenvalue weighted by molar-refractivity contribution is -0.112. The van der Waals surface area contributed by atoms with Crippen LogP contribution in [0.5, 0.6) is 5.75 Å². The standard InChI is InChI=1S/C17H14N2O2/c1-12-2-4-13(5-3-12)10-14(11-18)17(21)19-15-6-8-16(20)9-7-15/h2-10,20H,1H3,(H,19,21)/b14-10+. The van der Waals surface area contributed by atoms with E-state index in [0.29, 0.717) is 5.69 Å². The number of anilines is 1. The third-order valence-electron chi connectivity index (χ3n) is 2.88. The molecular formula is C17H14N2O2. The Morgan fingerprint density at radius 3 is 2.33 bits per heavy atom. The number of nitrogens with one attached hydrogen (secondary N) is 1. The number of aryl methyl sites for hydroxylation is 1. The first-order chi connectivity index (χ1) is 10.1. The van der Waals surface area contributed by atoms with E-state index in [2.05, 4.69) is 5.32 Å². The average Bonchev–Trinajstić information content (AvgIpc) is 2.49. The number of nitriles is 1. The lowest BCUT2D eigenvalue weighted by Gasteiger charge is -2.04. The van der Waals surface area contributed by atoms with Gasteiger partial charge in [0.1, 0.15) is 17.4 Å².